The summed E-state index contributed by atoms with van der Waals surface area (Å²) in [7, 11) is 0. The van der Waals surface area contributed by atoms with Crippen molar-refractivity contribution in [3.63, 3.8) is 0 Å². The van der Waals surface area contributed by atoms with Gasteiger partial charge < -0.3 is 0 Å². The van der Waals surface area contributed by atoms with Gasteiger partial charge in [0.15, 0.2) is 0 Å². The van der Waals surface area contributed by atoms with Crippen LogP contribution in [0.1, 0.15) is 13.3 Å². The minimum atomic E-state index is 1.000. The highest BCUT2D eigenvalue weighted by molar-refractivity contribution is 5.15. The van der Waals surface area contributed by atoms with E-state index in [4.69, 9.17) is 0 Å². The van der Waals surface area contributed by atoms with E-state index in [0.717, 1.165) is 17.8 Å². The van der Waals surface area contributed by atoms with Crippen LogP contribution in [0.3, 0.4) is 0 Å². The van der Waals surface area contributed by atoms with Gasteiger partial charge in [-0.1, -0.05) is 19.1 Å². The minimum Gasteiger partial charge on any atom is -0.0879 e. The SMILES string of the molecule is CC1C2C=CCC12. The van der Waals surface area contributed by atoms with Crippen molar-refractivity contribution in [3.8, 4) is 0 Å². The molecule has 0 aromatic heterocycles. The number of hydrogen-bond donors (Lipinski definition) is 0. The molecule has 0 bridgehead atoms. The van der Waals surface area contributed by atoms with Gasteiger partial charge in [0, 0.05) is 0 Å². The van der Waals surface area contributed by atoms with Gasteiger partial charge in [0.2, 0.25) is 0 Å². The van der Waals surface area contributed by atoms with E-state index in [2.05, 4.69) is 19.1 Å². The molecule has 0 heterocycles. The molecule has 0 radical (unpaired) electrons. The van der Waals surface area contributed by atoms with E-state index in [1.807, 2.05) is 0 Å². The predicted octanol–water partition coefficient (Wildman–Crippen LogP) is 1.83. The molecular formula is C7H10. The van der Waals surface area contributed by atoms with Gasteiger partial charge in [-0.15, -0.1) is 0 Å². The molecule has 0 N–H and O–H groups in total. The van der Waals surface area contributed by atoms with Gasteiger partial charge in [-0.25, -0.2) is 0 Å². The molecule has 1 fully saturated rings. The summed E-state index contributed by atoms with van der Waals surface area (Å²) >= 11 is 0. The second-order valence-corrected chi connectivity index (χ2v) is 2.76. The second kappa shape index (κ2) is 0.936. The van der Waals surface area contributed by atoms with Crippen molar-refractivity contribution >= 4 is 0 Å². The van der Waals surface area contributed by atoms with Crippen LogP contribution in [0.4, 0.5) is 0 Å². The monoisotopic (exact) mass is 94.1 g/mol. The molecule has 38 valence electrons. The van der Waals surface area contributed by atoms with Crippen molar-refractivity contribution < 1.29 is 0 Å². The maximum absolute atomic E-state index is 2.37. The number of rotatable bonds is 0. The Hall–Kier alpha value is -0.260. The standard InChI is InChI=1S/C7H10/c1-5-6-3-2-4-7(5)6/h2-3,5-7H,4H2,1H3. The first-order chi connectivity index (χ1) is 3.39. The Labute approximate surface area is 44.2 Å². The Balaban J connectivity index is 2.18. The van der Waals surface area contributed by atoms with Crippen molar-refractivity contribution in [1.29, 1.82) is 0 Å². The van der Waals surface area contributed by atoms with E-state index in [1.54, 1.807) is 0 Å². The molecule has 0 aliphatic heterocycles. The van der Waals surface area contributed by atoms with Crippen LogP contribution in [0, 0.1) is 17.8 Å². The molecule has 0 saturated heterocycles. The van der Waals surface area contributed by atoms with E-state index in [0.29, 0.717) is 0 Å². The van der Waals surface area contributed by atoms with Gasteiger partial charge in [0.05, 0.1) is 0 Å². The van der Waals surface area contributed by atoms with Crippen molar-refractivity contribution in [1.82, 2.24) is 0 Å². The molecule has 2 rings (SSSR count). The smallest absolute Gasteiger partial charge is 0.0171 e. The van der Waals surface area contributed by atoms with Crippen molar-refractivity contribution in [2.45, 2.75) is 13.3 Å². The van der Waals surface area contributed by atoms with Gasteiger partial charge in [-0.05, 0) is 24.2 Å². The molecule has 0 aromatic rings. The van der Waals surface area contributed by atoms with Gasteiger partial charge >= 0.3 is 0 Å². The molecular weight excluding hydrogens is 84.1 g/mol. The predicted molar refractivity (Wildman–Crippen MR) is 29.9 cm³/mol. The molecule has 0 nitrogen and oxygen atoms in total. The zero-order valence-corrected chi connectivity index (χ0v) is 4.59. The molecule has 2 aliphatic rings. The topological polar surface area (TPSA) is 0 Å². The Kier molecular flexibility index (Phi) is 0.495. The average molecular weight is 94.2 g/mol. The second-order valence-electron chi connectivity index (χ2n) is 2.76. The maximum atomic E-state index is 2.37. The summed E-state index contributed by atoms with van der Waals surface area (Å²) in [5.41, 5.74) is 0. The summed E-state index contributed by atoms with van der Waals surface area (Å²) in [6.45, 7) is 2.35. The first-order valence-electron chi connectivity index (χ1n) is 3.06. The summed E-state index contributed by atoms with van der Waals surface area (Å²) < 4.78 is 0. The first kappa shape index (κ1) is 3.71. The van der Waals surface area contributed by atoms with E-state index >= 15 is 0 Å². The quantitative estimate of drug-likeness (QED) is 0.402. The normalized spacial score (nSPS) is 54.7. The van der Waals surface area contributed by atoms with Crippen LogP contribution in [0.15, 0.2) is 12.2 Å². The van der Waals surface area contributed by atoms with E-state index < -0.39 is 0 Å². The highest BCUT2D eigenvalue weighted by Crippen LogP contribution is 2.52. The van der Waals surface area contributed by atoms with Crippen molar-refractivity contribution in [2.75, 3.05) is 0 Å². The van der Waals surface area contributed by atoms with Gasteiger partial charge in [0.1, 0.15) is 0 Å². The largest absolute Gasteiger partial charge is 0.0879 e. The highest BCUT2D eigenvalue weighted by Gasteiger charge is 2.46. The van der Waals surface area contributed by atoms with Crippen LogP contribution in [0.25, 0.3) is 0 Å². The van der Waals surface area contributed by atoms with Crippen LogP contribution in [-0.2, 0) is 0 Å². The van der Waals surface area contributed by atoms with Crippen molar-refractivity contribution in [3.05, 3.63) is 12.2 Å². The zero-order valence-electron chi connectivity index (χ0n) is 4.59. The van der Waals surface area contributed by atoms with Crippen LogP contribution < -0.4 is 0 Å². The Morgan fingerprint density at radius 1 is 1.57 bits per heavy atom. The van der Waals surface area contributed by atoms with Gasteiger partial charge in [0.25, 0.3) is 0 Å². The lowest BCUT2D eigenvalue weighted by molar-refractivity contribution is 0.770. The molecule has 2 aliphatic carbocycles. The summed E-state index contributed by atoms with van der Waals surface area (Å²) in [5, 5.41) is 0. The lowest BCUT2D eigenvalue weighted by Crippen LogP contribution is -1.70. The lowest BCUT2D eigenvalue weighted by atomic mass is 10.2. The van der Waals surface area contributed by atoms with Crippen LogP contribution in [0.2, 0.25) is 0 Å². The third-order valence-electron chi connectivity index (χ3n) is 2.40. The number of fused-ring (bicyclic) bond motifs is 1. The molecule has 3 atom stereocenters. The highest BCUT2D eigenvalue weighted by atomic mass is 14.5. The fraction of sp³-hybridized carbons (Fsp3) is 0.714. The van der Waals surface area contributed by atoms with Crippen LogP contribution >= 0.6 is 0 Å². The average Bonchev–Trinajstić information content (AvgIpc) is 2.26. The third kappa shape index (κ3) is 0.324. The summed E-state index contributed by atoms with van der Waals surface area (Å²) in [4.78, 5) is 0. The van der Waals surface area contributed by atoms with Gasteiger partial charge in [-0.3, -0.25) is 0 Å². The third-order valence-corrected chi connectivity index (χ3v) is 2.40. The molecule has 7 heavy (non-hydrogen) atoms. The molecule has 0 heteroatoms. The Morgan fingerprint density at radius 3 is 2.71 bits per heavy atom. The van der Waals surface area contributed by atoms with Crippen LogP contribution in [-0.4, -0.2) is 0 Å². The fourth-order valence-electron chi connectivity index (χ4n) is 1.66. The zero-order chi connectivity index (χ0) is 4.85. The summed E-state index contributed by atoms with van der Waals surface area (Å²) in [6.07, 6.45) is 6.05. The molecule has 0 amide bonds. The van der Waals surface area contributed by atoms with Crippen LogP contribution in [0.5, 0.6) is 0 Å². The summed E-state index contributed by atoms with van der Waals surface area (Å²) in [5.74, 6) is 3.10. The fourth-order valence-corrected chi connectivity index (χ4v) is 1.66. The summed E-state index contributed by atoms with van der Waals surface area (Å²) in [6, 6.07) is 0. The Morgan fingerprint density at radius 2 is 2.43 bits per heavy atom. The number of hydrogen-bond acceptors (Lipinski definition) is 0. The molecule has 1 saturated carbocycles. The van der Waals surface area contributed by atoms with E-state index in [-0.39, 0.29) is 0 Å². The van der Waals surface area contributed by atoms with E-state index in [1.165, 1.54) is 6.42 Å². The molecule has 0 spiro atoms. The lowest BCUT2D eigenvalue weighted by Gasteiger charge is -1.81. The van der Waals surface area contributed by atoms with Crippen molar-refractivity contribution in [2.24, 2.45) is 17.8 Å². The Bertz CT molecular complexity index is 113. The molecule has 0 aromatic carbocycles. The van der Waals surface area contributed by atoms with E-state index in [9.17, 15) is 0 Å². The molecule has 3 unspecified atom stereocenters. The number of allylic oxidation sites excluding steroid dienone is 2. The maximum Gasteiger partial charge on any atom is -0.0171 e. The first-order valence-corrected chi connectivity index (χ1v) is 3.06. The minimum absolute atomic E-state index is 1.000. The van der Waals surface area contributed by atoms with Gasteiger partial charge in [-0.2, -0.15) is 0 Å².